The highest BCUT2D eigenvalue weighted by molar-refractivity contribution is 5.83. The van der Waals surface area contributed by atoms with Crippen molar-refractivity contribution in [3.8, 4) is 5.75 Å². The van der Waals surface area contributed by atoms with Crippen LogP contribution in [0, 0.1) is 0 Å². The summed E-state index contributed by atoms with van der Waals surface area (Å²) in [7, 11) is 0. The number of hydrogen-bond donors (Lipinski definition) is 0. The van der Waals surface area contributed by atoms with Gasteiger partial charge in [-0.1, -0.05) is 25.1 Å². The summed E-state index contributed by atoms with van der Waals surface area (Å²) in [6.07, 6.45) is 0.597. The van der Waals surface area contributed by atoms with Crippen molar-refractivity contribution >= 4 is 5.78 Å². The van der Waals surface area contributed by atoms with Gasteiger partial charge >= 0.3 is 0 Å². The van der Waals surface area contributed by atoms with E-state index in [1.807, 2.05) is 32.0 Å². The van der Waals surface area contributed by atoms with Crippen LogP contribution in [-0.4, -0.2) is 29.9 Å². The van der Waals surface area contributed by atoms with Crippen LogP contribution in [0.3, 0.4) is 0 Å². The van der Waals surface area contributed by atoms with Gasteiger partial charge in [0.1, 0.15) is 18.1 Å². The van der Waals surface area contributed by atoms with Crippen LogP contribution >= 0.6 is 0 Å². The van der Waals surface area contributed by atoms with E-state index in [2.05, 4.69) is 11.0 Å². The molecular formula is C14H19NO2. The second-order valence-electron chi connectivity index (χ2n) is 4.42. The van der Waals surface area contributed by atoms with Gasteiger partial charge in [0.15, 0.2) is 0 Å². The summed E-state index contributed by atoms with van der Waals surface area (Å²) < 4.78 is 5.69. The highest BCUT2D eigenvalue weighted by atomic mass is 16.5. The molecular weight excluding hydrogens is 214 g/mol. The third-order valence-electron chi connectivity index (χ3n) is 3.34. The minimum Gasteiger partial charge on any atom is -0.492 e. The fraction of sp³-hybridized carbons (Fsp3) is 0.500. The lowest BCUT2D eigenvalue weighted by Crippen LogP contribution is -2.39. The second kappa shape index (κ2) is 5.32. The predicted molar refractivity (Wildman–Crippen MR) is 67.1 cm³/mol. The minimum atomic E-state index is -0.0187. The maximum Gasteiger partial charge on any atom is 0.149 e. The largest absolute Gasteiger partial charge is 0.492 e. The minimum absolute atomic E-state index is 0.0187. The average molecular weight is 233 g/mol. The Morgan fingerprint density at radius 1 is 1.47 bits per heavy atom. The van der Waals surface area contributed by atoms with Gasteiger partial charge in [-0.2, -0.15) is 0 Å². The zero-order chi connectivity index (χ0) is 12.3. The van der Waals surface area contributed by atoms with Gasteiger partial charge < -0.3 is 4.74 Å². The predicted octanol–water partition coefficient (Wildman–Crippen LogP) is 2.25. The number of carbonyl (C=O) groups is 1. The summed E-state index contributed by atoms with van der Waals surface area (Å²) in [5.74, 6) is 1.25. The van der Waals surface area contributed by atoms with E-state index in [9.17, 15) is 4.79 Å². The van der Waals surface area contributed by atoms with Crippen molar-refractivity contribution in [2.75, 3.05) is 13.2 Å². The molecule has 1 aliphatic rings. The Balaban J connectivity index is 2.15. The van der Waals surface area contributed by atoms with Gasteiger partial charge in [0.05, 0.1) is 6.04 Å². The molecule has 0 spiro atoms. The molecule has 2 rings (SSSR count). The number of hydrogen-bond acceptors (Lipinski definition) is 3. The maximum atomic E-state index is 11.8. The van der Waals surface area contributed by atoms with Crippen LogP contribution in [0.25, 0.3) is 0 Å². The Bertz CT molecular complexity index is 403. The molecule has 0 saturated heterocycles. The maximum absolute atomic E-state index is 11.8. The van der Waals surface area contributed by atoms with Crippen molar-refractivity contribution in [2.45, 2.75) is 32.9 Å². The number of para-hydroxylation sites is 1. The van der Waals surface area contributed by atoms with Crippen LogP contribution < -0.4 is 4.74 Å². The average Bonchev–Trinajstić information content (AvgIpc) is 2.58. The molecule has 17 heavy (non-hydrogen) atoms. The zero-order valence-corrected chi connectivity index (χ0v) is 10.5. The van der Waals surface area contributed by atoms with Gasteiger partial charge in [-0.05, 0) is 13.0 Å². The number of carbonyl (C=O) groups excluding carboxylic acids is 1. The fourth-order valence-electron chi connectivity index (χ4n) is 2.18. The molecule has 0 saturated carbocycles. The third-order valence-corrected chi connectivity index (χ3v) is 3.34. The molecule has 0 bridgehead atoms. The molecule has 1 unspecified atom stereocenters. The number of benzene rings is 1. The van der Waals surface area contributed by atoms with Gasteiger partial charge in [0, 0.05) is 25.1 Å². The molecule has 1 aromatic carbocycles. The second-order valence-corrected chi connectivity index (χ2v) is 4.42. The Morgan fingerprint density at radius 2 is 2.24 bits per heavy atom. The summed E-state index contributed by atoms with van der Waals surface area (Å²) in [6.45, 7) is 6.16. The smallest absolute Gasteiger partial charge is 0.149 e. The van der Waals surface area contributed by atoms with Crippen molar-refractivity contribution in [3.63, 3.8) is 0 Å². The SMILES string of the molecule is CCC(=O)C(C)N1CCOc2ccccc2C1. The van der Waals surface area contributed by atoms with E-state index in [-0.39, 0.29) is 6.04 Å². The first-order chi connectivity index (χ1) is 8.22. The fourth-order valence-corrected chi connectivity index (χ4v) is 2.18. The van der Waals surface area contributed by atoms with E-state index in [0.29, 0.717) is 18.8 Å². The third kappa shape index (κ3) is 2.67. The monoisotopic (exact) mass is 233 g/mol. The first-order valence-electron chi connectivity index (χ1n) is 6.20. The molecule has 1 heterocycles. The van der Waals surface area contributed by atoms with E-state index in [1.54, 1.807) is 0 Å². The summed E-state index contributed by atoms with van der Waals surface area (Å²) in [5, 5.41) is 0. The molecule has 0 radical (unpaired) electrons. The van der Waals surface area contributed by atoms with Crippen LogP contribution in [0.4, 0.5) is 0 Å². The Labute approximate surface area is 102 Å². The molecule has 3 heteroatoms. The summed E-state index contributed by atoms with van der Waals surface area (Å²) in [4.78, 5) is 13.9. The van der Waals surface area contributed by atoms with Crippen molar-refractivity contribution in [2.24, 2.45) is 0 Å². The van der Waals surface area contributed by atoms with E-state index in [4.69, 9.17) is 4.74 Å². The van der Waals surface area contributed by atoms with Gasteiger partial charge in [0.2, 0.25) is 0 Å². The number of rotatable bonds is 3. The summed E-state index contributed by atoms with van der Waals surface area (Å²) in [5.41, 5.74) is 1.17. The van der Waals surface area contributed by atoms with Gasteiger partial charge in [-0.3, -0.25) is 9.69 Å². The van der Waals surface area contributed by atoms with Crippen LogP contribution in [0.1, 0.15) is 25.8 Å². The molecule has 1 aromatic rings. The number of ketones is 1. The van der Waals surface area contributed by atoms with Crippen molar-refractivity contribution in [1.29, 1.82) is 0 Å². The number of nitrogens with zero attached hydrogens (tertiary/aromatic N) is 1. The highest BCUT2D eigenvalue weighted by Crippen LogP contribution is 2.23. The molecule has 1 atom stereocenters. The summed E-state index contributed by atoms with van der Waals surface area (Å²) in [6, 6.07) is 8.03. The highest BCUT2D eigenvalue weighted by Gasteiger charge is 2.23. The Kier molecular flexibility index (Phi) is 3.79. The standard InChI is InChI=1S/C14H19NO2/c1-3-13(16)11(2)15-8-9-17-14-7-5-4-6-12(14)10-15/h4-7,11H,3,8-10H2,1-2H3. The normalized spacial score (nSPS) is 17.8. The number of ether oxygens (including phenoxy) is 1. The first kappa shape index (κ1) is 12.1. The Hall–Kier alpha value is -1.35. The lowest BCUT2D eigenvalue weighted by molar-refractivity contribution is -0.123. The van der Waals surface area contributed by atoms with E-state index in [1.165, 1.54) is 5.56 Å². The number of Topliss-reactive ketones (excluding diaryl/α,β-unsaturated/α-hetero) is 1. The molecule has 0 fully saturated rings. The van der Waals surface area contributed by atoms with Gasteiger partial charge in [0.25, 0.3) is 0 Å². The van der Waals surface area contributed by atoms with Crippen LogP contribution in [-0.2, 0) is 11.3 Å². The quantitative estimate of drug-likeness (QED) is 0.802. The van der Waals surface area contributed by atoms with E-state index >= 15 is 0 Å². The van der Waals surface area contributed by atoms with Crippen LogP contribution in [0.2, 0.25) is 0 Å². The molecule has 3 nitrogen and oxygen atoms in total. The molecule has 1 aliphatic heterocycles. The lowest BCUT2D eigenvalue weighted by atomic mass is 10.1. The molecule has 0 N–H and O–H groups in total. The molecule has 0 aromatic heterocycles. The van der Waals surface area contributed by atoms with Crippen molar-refractivity contribution in [1.82, 2.24) is 4.90 Å². The van der Waals surface area contributed by atoms with Crippen LogP contribution in [0.15, 0.2) is 24.3 Å². The van der Waals surface area contributed by atoms with Crippen molar-refractivity contribution in [3.05, 3.63) is 29.8 Å². The molecule has 0 amide bonds. The van der Waals surface area contributed by atoms with Crippen LogP contribution in [0.5, 0.6) is 5.75 Å². The topological polar surface area (TPSA) is 29.5 Å². The van der Waals surface area contributed by atoms with Gasteiger partial charge in [-0.25, -0.2) is 0 Å². The zero-order valence-electron chi connectivity index (χ0n) is 10.5. The van der Waals surface area contributed by atoms with E-state index in [0.717, 1.165) is 18.8 Å². The van der Waals surface area contributed by atoms with Gasteiger partial charge in [-0.15, -0.1) is 0 Å². The number of fused-ring (bicyclic) bond motifs is 1. The van der Waals surface area contributed by atoms with Crippen molar-refractivity contribution < 1.29 is 9.53 Å². The summed E-state index contributed by atoms with van der Waals surface area (Å²) >= 11 is 0. The van der Waals surface area contributed by atoms with E-state index < -0.39 is 0 Å². The Morgan fingerprint density at radius 3 is 3.00 bits per heavy atom. The lowest BCUT2D eigenvalue weighted by Gasteiger charge is -2.25. The molecule has 92 valence electrons. The molecule has 0 aliphatic carbocycles. The first-order valence-corrected chi connectivity index (χ1v) is 6.20.